The highest BCUT2D eigenvalue weighted by Crippen LogP contribution is 2.36. The zero-order valence-corrected chi connectivity index (χ0v) is 18.7. The third-order valence-corrected chi connectivity index (χ3v) is 6.53. The van der Waals surface area contributed by atoms with Crippen LogP contribution < -0.4 is 5.32 Å². The van der Waals surface area contributed by atoms with E-state index in [4.69, 9.17) is 22.6 Å². The number of fused-ring (bicyclic) bond motifs is 1. The number of carbonyl (C=O) groups is 1. The van der Waals surface area contributed by atoms with Gasteiger partial charge < -0.3 is 5.32 Å². The Morgan fingerprint density at radius 3 is 2.87 bits per heavy atom. The first-order valence-electron chi connectivity index (χ1n) is 10.7. The highest BCUT2D eigenvalue weighted by molar-refractivity contribution is 7.80. The summed E-state index contributed by atoms with van der Waals surface area (Å²) < 4.78 is 2.08. The summed E-state index contributed by atoms with van der Waals surface area (Å²) in [5.41, 5.74) is 5.30. The molecule has 0 bridgehead atoms. The number of aromatic nitrogens is 2. The van der Waals surface area contributed by atoms with Crippen molar-refractivity contribution < 1.29 is 4.79 Å². The number of rotatable bonds is 5. The Balaban J connectivity index is 1.61. The fraction of sp³-hybridized carbons (Fsp3) is 0.500. The lowest BCUT2D eigenvalue weighted by Crippen LogP contribution is -2.56. The fourth-order valence-corrected chi connectivity index (χ4v) is 5.38. The SMILES string of the molecule is CC(C)n1nc(-c2cccc(CC#N)c2)c2c1CC(C(=O)NC1(C)CC(=S)C1)CC2. The van der Waals surface area contributed by atoms with Gasteiger partial charge in [-0.25, -0.2) is 0 Å². The van der Waals surface area contributed by atoms with Gasteiger partial charge in [0.2, 0.25) is 5.91 Å². The van der Waals surface area contributed by atoms with E-state index in [0.717, 1.165) is 47.4 Å². The first kappa shape index (κ1) is 20.7. The van der Waals surface area contributed by atoms with Gasteiger partial charge >= 0.3 is 0 Å². The van der Waals surface area contributed by atoms with Crippen molar-refractivity contribution in [3.8, 4) is 17.3 Å². The summed E-state index contributed by atoms with van der Waals surface area (Å²) in [6, 6.07) is 10.5. The highest BCUT2D eigenvalue weighted by Gasteiger charge is 2.40. The molecular formula is C24H28N4OS. The predicted octanol–water partition coefficient (Wildman–Crippen LogP) is 4.34. The van der Waals surface area contributed by atoms with Crippen LogP contribution in [0.4, 0.5) is 0 Å². The van der Waals surface area contributed by atoms with Crippen LogP contribution in [0.2, 0.25) is 0 Å². The van der Waals surface area contributed by atoms with E-state index in [0.29, 0.717) is 12.8 Å². The van der Waals surface area contributed by atoms with Crippen molar-refractivity contribution in [2.45, 2.75) is 70.9 Å². The molecule has 1 amide bonds. The van der Waals surface area contributed by atoms with Gasteiger partial charge in [0.05, 0.1) is 18.2 Å². The lowest BCUT2D eigenvalue weighted by atomic mass is 9.77. The van der Waals surface area contributed by atoms with Crippen molar-refractivity contribution in [3.63, 3.8) is 0 Å². The van der Waals surface area contributed by atoms with E-state index in [1.54, 1.807) is 0 Å². The van der Waals surface area contributed by atoms with Crippen molar-refractivity contribution in [1.29, 1.82) is 5.26 Å². The molecule has 1 aromatic carbocycles. The molecule has 0 spiro atoms. The summed E-state index contributed by atoms with van der Waals surface area (Å²) >= 11 is 5.23. The minimum absolute atomic E-state index is 0.0320. The number of nitrogens with one attached hydrogen (secondary N) is 1. The topological polar surface area (TPSA) is 70.7 Å². The van der Waals surface area contributed by atoms with Crippen LogP contribution in [-0.4, -0.2) is 26.1 Å². The van der Waals surface area contributed by atoms with Crippen molar-refractivity contribution in [2.24, 2.45) is 5.92 Å². The van der Waals surface area contributed by atoms with E-state index in [9.17, 15) is 4.79 Å². The third kappa shape index (κ3) is 3.91. The lowest BCUT2D eigenvalue weighted by molar-refractivity contribution is -0.127. The maximum Gasteiger partial charge on any atom is 0.223 e. The van der Waals surface area contributed by atoms with Crippen LogP contribution in [-0.2, 0) is 24.1 Å². The van der Waals surface area contributed by atoms with E-state index >= 15 is 0 Å². The van der Waals surface area contributed by atoms with Crippen LogP contribution in [0.25, 0.3) is 11.3 Å². The molecule has 1 N–H and O–H groups in total. The zero-order valence-electron chi connectivity index (χ0n) is 17.9. The Morgan fingerprint density at radius 2 is 2.20 bits per heavy atom. The second-order valence-corrected chi connectivity index (χ2v) is 9.81. The zero-order chi connectivity index (χ0) is 21.5. The van der Waals surface area contributed by atoms with Crippen molar-refractivity contribution >= 4 is 23.0 Å². The average molecular weight is 421 g/mol. The Hall–Kier alpha value is -2.52. The van der Waals surface area contributed by atoms with E-state index < -0.39 is 0 Å². The Labute approximate surface area is 183 Å². The summed E-state index contributed by atoms with van der Waals surface area (Å²) in [6.07, 6.45) is 4.38. The second kappa shape index (κ2) is 7.96. The summed E-state index contributed by atoms with van der Waals surface area (Å²) in [4.78, 5) is 14.0. The molecule has 5 nitrogen and oxygen atoms in total. The van der Waals surface area contributed by atoms with Gasteiger partial charge in [-0.2, -0.15) is 10.4 Å². The predicted molar refractivity (Wildman–Crippen MR) is 121 cm³/mol. The number of benzene rings is 1. The minimum atomic E-state index is -0.168. The quantitative estimate of drug-likeness (QED) is 0.731. The van der Waals surface area contributed by atoms with Gasteiger partial charge in [-0.1, -0.05) is 30.4 Å². The van der Waals surface area contributed by atoms with Crippen LogP contribution in [0.5, 0.6) is 0 Å². The van der Waals surface area contributed by atoms with E-state index in [1.165, 1.54) is 11.3 Å². The molecule has 1 aromatic heterocycles. The van der Waals surface area contributed by atoms with Crippen molar-refractivity contribution in [3.05, 3.63) is 41.1 Å². The standard InChI is InChI=1S/C24H28N4OS/c1-15(2)28-21-12-18(23(29)26-24(3)13-19(30)14-24)7-8-20(21)22(27-28)17-6-4-5-16(11-17)9-10-25/h4-6,11,15,18H,7-9,12-14H2,1-3H3,(H,26,29). The maximum atomic E-state index is 13.0. The van der Waals surface area contributed by atoms with Gasteiger partial charge in [0.25, 0.3) is 0 Å². The molecule has 2 aromatic rings. The summed E-state index contributed by atoms with van der Waals surface area (Å²) in [5, 5.41) is 17.2. The van der Waals surface area contributed by atoms with Gasteiger partial charge in [0.15, 0.2) is 0 Å². The Kier molecular flexibility index (Phi) is 5.50. The monoisotopic (exact) mass is 420 g/mol. The first-order valence-corrected chi connectivity index (χ1v) is 11.1. The van der Waals surface area contributed by atoms with Crippen LogP contribution in [0.15, 0.2) is 24.3 Å². The number of thiocarbonyl (C=S) groups is 1. The average Bonchev–Trinajstić information content (AvgIpc) is 3.06. The summed E-state index contributed by atoms with van der Waals surface area (Å²) in [7, 11) is 0. The molecule has 0 aliphatic heterocycles. The van der Waals surface area contributed by atoms with Crippen molar-refractivity contribution in [1.82, 2.24) is 15.1 Å². The van der Waals surface area contributed by atoms with E-state index in [-0.39, 0.29) is 23.4 Å². The summed E-state index contributed by atoms with van der Waals surface area (Å²) in [5.74, 6) is 0.107. The number of nitrogens with zero attached hydrogens (tertiary/aromatic N) is 3. The molecule has 30 heavy (non-hydrogen) atoms. The number of amides is 1. The fourth-order valence-electron chi connectivity index (χ4n) is 4.75. The van der Waals surface area contributed by atoms with Gasteiger partial charge in [-0.05, 0) is 50.1 Å². The first-order chi connectivity index (χ1) is 14.3. The normalized spacial score (nSPS) is 19.7. The largest absolute Gasteiger partial charge is 0.350 e. The van der Waals surface area contributed by atoms with Gasteiger partial charge in [0, 0.05) is 53.6 Å². The van der Waals surface area contributed by atoms with E-state index in [1.807, 2.05) is 12.1 Å². The maximum absolute atomic E-state index is 13.0. The molecule has 1 atom stereocenters. The Bertz CT molecular complexity index is 1040. The Morgan fingerprint density at radius 1 is 1.43 bits per heavy atom. The molecular weight excluding hydrogens is 392 g/mol. The molecule has 1 saturated carbocycles. The van der Waals surface area contributed by atoms with Crippen LogP contribution in [0.1, 0.15) is 62.9 Å². The summed E-state index contributed by atoms with van der Waals surface area (Å²) in [6.45, 7) is 6.34. The van der Waals surface area contributed by atoms with Crippen LogP contribution >= 0.6 is 12.2 Å². The van der Waals surface area contributed by atoms with Gasteiger partial charge in [-0.3, -0.25) is 9.48 Å². The number of hydrogen-bond acceptors (Lipinski definition) is 4. The molecule has 4 rings (SSSR count). The number of nitriles is 1. The molecule has 0 saturated heterocycles. The third-order valence-electron chi connectivity index (χ3n) is 6.24. The number of carbonyl (C=O) groups excluding carboxylic acids is 1. The second-order valence-electron chi connectivity index (χ2n) is 9.23. The highest BCUT2D eigenvalue weighted by atomic mass is 32.1. The smallest absolute Gasteiger partial charge is 0.223 e. The molecule has 1 fully saturated rings. The van der Waals surface area contributed by atoms with Crippen LogP contribution in [0.3, 0.4) is 0 Å². The molecule has 6 heteroatoms. The molecule has 0 radical (unpaired) electrons. The molecule has 1 heterocycles. The molecule has 1 unspecified atom stereocenters. The van der Waals surface area contributed by atoms with Crippen molar-refractivity contribution in [2.75, 3.05) is 0 Å². The molecule has 2 aliphatic rings. The van der Waals surface area contributed by atoms with Gasteiger partial charge in [-0.15, -0.1) is 0 Å². The minimum Gasteiger partial charge on any atom is -0.350 e. The molecule has 156 valence electrons. The molecule has 2 aliphatic carbocycles. The number of hydrogen-bond donors (Lipinski definition) is 1. The van der Waals surface area contributed by atoms with E-state index in [2.05, 4.69) is 49.0 Å². The van der Waals surface area contributed by atoms with Gasteiger partial charge in [0.1, 0.15) is 0 Å². The lowest BCUT2D eigenvalue weighted by Gasteiger charge is -2.41. The van der Waals surface area contributed by atoms with Crippen LogP contribution in [0, 0.1) is 17.2 Å².